The van der Waals surface area contributed by atoms with Crippen molar-refractivity contribution < 1.29 is 26.4 Å². The molecule has 0 bridgehead atoms. The average Bonchev–Trinajstić information content (AvgIpc) is 2.58. The maximum atomic E-state index is 12.5. The average molecular weight is 387 g/mol. The molecule has 4 nitrogen and oxygen atoms in total. The second kappa shape index (κ2) is 8.58. The van der Waals surface area contributed by atoms with E-state index in [2.05, 4.69) is 11.8 Å². The summed E-state index contributed by atoms with van der Waals surface area (Å²) in [4.78, 5) is 10.7. The van der Waals surface area contributed by atoms with Crippen molar-refractivity contribution >= 4 is 15.7 Å². The van der Waals surface area contributed by atoms with Crippen LogP contribution in [-0.4, -0.2) is 32.3 Å². The first-order valence-electron chi connectivity index (χ1n) is 8.33. The summed E-state index contributed by atoms with van der Waals surface area (Å²) in [7, 11) is -3.24. The summed E-state index contributed by atoms with van der Waals surface area (Å²) in [6.07, 6.45) is -0.614. The highest BCUT2D eigenvalue weighted by molar-refractivity contribution is 7.91. The maximum absolute atomic E-state index is 12.5. The summed E-state index contributed by atoms with van der Waals surface area (Å²) in [6, 6.07) is 6.59. The predicted molar refractivity (Wildman–Crippen MR) is 91.9 cm³/mol. The Kier molecular flexibility index (Phi) is 6.70. The second-order valence-electron chi connectivity index (χ2n) is 6.25. The van der Waals surface area contributed by atoms with Gasteiger partial charge < -0.3 is 5.32 Å². The standard InChI is InChI=1S/C18H20F3NO3S/c19-18(20,21)17(23)22-11-5-8-14-6-4-7-15(12-14)13-26(24,25)16-9-2-1-3-10-16/h4,6-7,12,16H,1-3,9-11,13H2,(H,22,23). The third kappa shape index (κ3) is 6.06. The van der Waals surface area contributed by atoms with Gasteiger partial charge in [-0.05, 0) is 30.5 Å². The Bertz CT molecular complexity index is 801. The van der Waals surface area contributed by atoms with E-state index in [1.54, 1.807) is 29.6 Å². The molecule has 2 rings (SSSR count). The summed E-state index contributed by atoms with van der Waals surface area (Å²) in [5, 5.41) is 1.35. The Morgan fingerprint density at radius 1 is 1.19 bits per heavy atom. The Labute approximate surface area is 151 Å². The van der Waals surface area contributed by atoms with Gasteiger partial charge in [0.2, 0.25) is 0 Å². The molecule has 0 aliphatic heterocycles. The van der Waals surface area contributed by atoms with Crippen LogP contribution in [0.15, 0.2) is 24.3 Å². The number of halogens is 3. The fourth-order valence-electron chi connectivity index (χ4n) is 2.88. The van der Waals surface area contributed by atoms with Gasteiger partial charge >= 0.3 is 12.1 Å². The van der Waals surface area contributed by atoms with E-state index in [-0.39, 0.29) is 11.0 Å². The van der Waals surface area contributed by atoms with Crippen molar-refractivity contribution in [3.05, 3.63) is 35.4 Å². The zero-order valence-corrected chi connectivity index (χ0v) is 14.9. The summed E-state index contributed by atoms with van der Waals surface area (Å²) >= 11 is 0. The smallest absolute Gasteiger partial charge is 0.337 e. The topological polar surface area (TPSA) is 63.2 Å². The normalized spacial score (nSPS) is 15.8. The molecule has 0 radical (unpaired) electrons. The lowest BCUT2D eigenvalue weighted by Gasteiger charge is -2.21. The number of carbonyl (C=O) groups excluding carboxylic acids is 1. The van der Waals surface area contributed by atoms with Crippen molar-refractivity contribution in [1.82, 2.24) is 5.32 Å². The van der Waals surface area contributed by atoms with Crippen LogP contribution in [0, 0.1) is 11.8 Å². The number of benzene rings is 1. The minimum atomic E-state index is -4.94. The van der Waals surface area contributed by atoms with Gasteiger partial charge in [-0.2, -0.15) is 13.2 Å². The first kappa shape index (κ1) is 20.3. The van der Waals surface area contributed by atoms with Crippen molar-refractivity contribution in [3.63, 3.8) is 0 Å². The monoisotopic (exact) mass is 387 g/mol. The number of sulfone groups is 1. The van der Waals surface area contributed by atoms with Crippen molar-refractivity contribution in [3.8, 4) is 11.8 Å². The number of amides is 1. The van der Waals surface area contributed by atoms with E-state index in [0.29, 0.717) is 24.0 Å². The van der Waals surface area contributed by atoms with E-state index < -0.39 is 28.5 Å². The highest BCUT2D eigenvalue weighted by Crippen LogP contribution is 2.26. The van der Waals surface area contributed by atoms with Crippen LogP contribution in [0.4, 0.5) is 13.2 Å². The molecular weight excluding hydrogens is 367 g/mol. The second-order valence-corrected chi connectivity index (χ2v) is 8.53. The molecule has 1 N–H and O–H groups in total. The molecule has 0 saturated heterocycles. The number of hydrogen-bond donors (Lipinski definition) is 1. The molecule has 1 aliphatic rings. The van der Waals surface area contributed by atoms with Crippen molar-refractivity contribution in [2.24, 2.45) is 0 Å². The molecule has 0 aromatic heterocycles. The van der Waals surface area contributed by atoms with Gasteiger partial charge in [-0.1, -0.05) is 43.2 Å². The van der Waals surface area contributed by atoms with E-state index >= 15 is 0 Å². The molecule has 0 unspecified atom stereocenters. The van der Waals surface area contributed by atoms with Crippen molar-refractivity contribution in [2.75, 3.05) is 6.54 Å². The Hall–Kier alpha value is -2.01. The molecule has 0 spiro atoms. The van der Waals surface area contributed by atoms with Gasteiger partial charge in [0, 0.05) is 5.56 Å². The minimum Gasteiger partial charge on any atom is -0.337 e. The van der Waals surface area contributed by atoms with Crippen LogP contribution < -0.4 is 5.32 Å². The predicted octanol–water partition coefficient (Wildman–Crippen LogP) is 2.96. The SMILES string of the molecule is O=C(NCC#Cc1cccc(CS(=O)(=O)C2CCCCC2)c1)C(F)(F)F. The molecule has 1 aromatic rings. The zero-order chi connectivity index (χ0) is 19.2. The third-order valence-corrected chi connectivity index (χ3v) is 6.41. The van der Waals surface area contributed by atoms with E-state index in [9.17, 15) is 26.4 Å². The zero-order valence-electron chi connectivity index (χ0n) is 14.1. The highest BCUT2D eigenvalue weighted by atomic mass is 32.2. The summed E-state index contributed by atoms with van der Waals surface area (Å²) in [5.41, 5.74) is 1.09. The molecule has 1 amide bonds. The fraction of sp³-hybridized carbons (Fsp3) is 0.500. The molecule has 1 fully saturated rings. The van der Waals surface area contributed by atoms with Crippen molar-refractivity contribution in [2.45, 2.75) is 49.3 Å². The lowest BCUT2D eigenvalue weighted by Crippen LogP contribution is -2.36. The van der Waals surface area contributed by atoms with E-state index in [0.717, 1.165) is 19.3 Å². The lowest BCUT2D eigenvalue weighted by atomic mass is 10.0. The Morgan fingerprint density at radius 3 is 2.54 bits per heavy atom. The van der Waals surface area contributed by atoms with Crippen LogP contribution in [-0.2, 0) is 20.4 Å². The van der Waals surface area contributed by atoms with Gasteiger partial charge in [-0.25, -0.2) is 8.42 Å². The van der Waals surface area contributed by atoms with Crippen LogP contribution in [0.3, 0.4) is 0 Å². The van der Waals surface area contributed by atoms with Crippen LogP contribution in [0.2, 0.25) is 0 Å². The molecule has 26 heavy (non-hydrogen) atoms. The Morgan fingerprint density at radius 2 is 1.88 bits per heavy atom. The van der Waals surface area contributed by atoms with E-state index in [1.807, 2.05) is 0 Å². The molecular formula is C18H20F3NO3S. The van der Waals surface area contributed by atoms with Gasteiger partial charge in [0.15, 0.2) is 9.84 Å². The number of rotatable bonds is 4. The molecule has 1 saturated carbocycles. The van der Waals surface area contributed by atoms with Crippen LogP contribution in [0.1, 0.15) is 43.2 Å². The van der Waals surface area contributed by atoms with Crippen LogP contribution >= 0.6 is 0 Å². The van der Waals surface area contributed by atoms with Gasteiger partial charge in [-0.3, -0.25) is 4.79 Å². The van der Waals surface area contributed by atoms with Gasteiger partial charge in [0.05, 0.1) is 17.5 Å². The number of alkyl halides is 3. The van der Waals surface area contributed by atoms with Crippen molar-refractivity contribution in [1.29, 1.82) is 0 Å². The largest absolute Gasteiger partial charge is 0.471 e. The molecule has 8 heteroatoms. The highest BCUT2D eigenvalue weighted by Gasteiger charge is 2.38. The molecule has 1 aromatic carbocycles. The number of carbonyl (C=O) groups is 1. The van der Waals surface area contributed by atoms with Gasteiger partial charge in [0.1, 0.15) is 0 Å². The number of hydrogen-bond acceptors (Lipinski definition) is 3. The van der Waals surface area contributed by atoms with Crippen LogP contribution in [0.25, 0.3) is 0 Å². The summed E-state index contributed by atoms with van der Waals surface area (Å²) in [6.45, 7) is -0.442. The quantitative estimate of drug-likeness (QED) is 0.808. The molecule has 0 atom stereocenters. The maximum Gasteiger partial charge on any atom is 0.471 e. The minimum absolute atomic E-state index is 0.0714. The molecule has 142 valence electrons. The first-order valence-corrected chi connectivity index (χ1v) is 10.0. The van der Waals surface area contributed by atoms with Crippen LogP contribution in [0.5, 0.6) is 0 Å². The van der Waals surface area contributed by atoms with E-state index in [1.165, 1.54) is 0 Å². The molecule has 0 heterocycles. The lowest BCUT2D eigenvalue weighted by molar-refractivity contribution is -0.173. The fourth-order valence-corrected chi connectivity index (χ4v) is 4.82. The van der Waals surface area contributed by atoms with E-state index in [4.69, 9.17) is 0 Å². The summed E-state index contributed by atoms with van der Waals surface area (Å²) < 4.78 is 61.1. The first-order chi connectivity index (χ1) is 12.2. The number of nitrogens with one attached hydrogen (secondary N) is 1. The summed E-state index contributed by atoms with van der Waals surface area (Å²) in [5.74, 6) is 2.94. The molecule has 1 aliphatic carbocycles. The third-order valence-electron chi connectivity index (χ3n) is 4.18. The van der Waals surface area contributed by atoms with Gasteiger partial charge in [0.25, 0.3) is 0 Å². The van der Waals surface area contributed by atoms with Gasteiger partial charge in [-0.15, -0.1) is 0 Å². The Balaban J connectivity index is 1.98.